The smallest absolute Gasteiger partial charge is 0.118 e. The zero-order valence-corrected chi connectivity index (χ0v) is 18.3. The molecule has 1 unspecified atom stereocenters. The Morgan fingerprint density at radius 3 is 2.58 bits per heavy atom. The Kier molecular flexibility index (Phi) is 8.07. The first kappa shape index (κ1) is 20.9. The third-order valence-corrected chi connectivity index (χ3v) is 5.69. The molecule has 3 nitrogen and oxygen atoms in total. The number of hydrogen-bond acceptors (Lipinski definition) is 4. The highest BCUT2D eigenvalue weighted by Crippen LogP contribution is 2.34. The topological polar surface area (TPSA) is 24.5 Å². The van der Waals surface area contributed by atoms with Crippen molar-refractivity contribution in [1.29, 1.82) is 0 Å². The van der Waals surface area contributed by atoms with E-state index in [1.807, 2.05) is 24.3 Å². The second-order valence-electron chi connectivity index (χ2n) is 6.39. The molecule has 0 fully saturated rings. The largest absolute Gasteiger partial charge is 0.497 e. The molecular weight excluding hydrogens is 408 g/mol. The first-order valence-corrected chi connectivity index (χ1v) is 10.3. The maximum atomic E-state index is 5.22. The van der Waals surface area contributed by atoms with Crippen LogP contribution < -0.4 is 10.1 Å². The number of ether oxygens (including phenoxy) is 1. The summed E-state index contributed by atoms with van der Waals surface area (Å²) in [4.78, 5) is 1.17. The molecule has 0 saturated heterocycles. The molecule has 0 amide bonds. The number of nitrogens with one attached hydrogen (secondary N) is 1. The van der Waals surface area contributed by atoms with Crippen molar-refractivity contribution in [3.05, 3.63) is 59.1 Å². The Morgan fingerprint density at radius 2 is 1.96 bits per heavy atom. The van der Waals surface area contributed by atoms with Crippen LogP contribution >= 0.6 is 27.9 Å². The summed E-state index contributed by atoms with van der Waals surface area (Å²) in [6.45, 7) is 9.76. The van der Waals surface area contributed by atoms with E-state index in [1.165, 1.54) is 11.3 Å². The summed E-state index contributed by atoms with van der Waals surface area (Å²) in [5.41, 5.74) is 2.94. The molecule has 1 atom stereocenters. The van der Waals surface area contributed by atoms with E-state index >= 15 is 0 Å². The molecule has 2 aromatic rings. The molecule has 0 aliphatic rings. The van der Waals surface area contributed by atoms with Crippen molar-refractivity contribution in [3.8, 4) is 5.75 Å². The highest BCUT2D eigenvalue weighted by atomic mass is 79.9. The summed E-state index contributed by atoms with van der Waals surface area (Å²) in [5.74, 6) is 1.51. The van der Waals surface area contributed by atoms with Gasteiger partial charge in [-0.25, -0.2) is 4.31 Å². The minimum absolute atomic E-state index is 0.675. The molecular formula is C21H27BrN2OS. The van der Waals surface area contributed by atoms with Gasteiger partial charge in [0.1, 0.15) is 5.75 Å². The van der Waals surface area contributed by atoms with Gasteiger partial charge in [-0.05, 0) is 72.9 Å². The van der Waals surface area contributed by atoms with Crippen molar-refractivity contribution in [1.82, 2.24) is 4.31 Å². The summed E-state index contributed by atoms with van der Waals surface area (Å²) in [5, 5.41) is 3.46. The van der Waals surface area contributed by atoms with Crippen LogP contribution in [0.1, 0.15) is 25.8 Å². The van der Waals surface area contributed by atoms with E-state index in [4.69, 9.17) is 4.74 Å². The van der Waals surface area contributed by atoms with E-state index in [2.05, 4.69) is 71.2 Å². The molecule has 0 aliphatic carbocycles. The van der Waals surface area contributed by atoms with Gasteiger partial charge in [-0.3, -0.25) is 0 Å². The first-order valence-electron chi connectivity index (χ1n) is 8.72. The van der Waals surface area contributed by atoms with E-state index in [0.29, 0.717) is 5.92 Å². The maximum absolute atomic E-state index is 5.22. The number of anilines is 1. The lowest BCUT2D eigenvalue weighted by atomic mass is 10.1. The summed E-state index contributed by atoms with van der Waals surface area (Å²) < 4.78 is 8.55. The van der Waals surface area contributed by atoms with Crippen LogP contribution in [-0.4, -0.2) is 25.0 Å². The fourth-order valence-electron chi connectivity index (χ4n) is 2.48. The lowest BCUT2D eigenvalue weighted by Crippen LogP contribution is -2.17. The molecule has 0 bridgehead atoms. The molecule has 5 heteroatoms. The highest BCUT2D eigenvalue weighted by molar-refractivity contribution is 9.10. The minimum Gasteiger partial charge on any atom is -0.497 e. The molecule has 140 valence electrons. The minimum atomic E-state index is 0.675. The van der Waals surface area contributed by atoms with Gasteiger partial charge in [0.15, 0.2) is 0 Å². The first-order chi connectivity index (χ1) is 12.4. The Bertz CT molecular complexity index is 733. The summed E-state index contributed by atoms with van der Waals surface area (Å²) >= 11 is 5.32. The molecule has 26 heavy (non-hydrogen) atoms. The molecule has 2 rings (SSSR count). The van der Waals surface area contributed by atoms with E-state index in [9.17, 15) is 0 Å². The third-order valence-electron chi connectivity index (χ3n) is 4.19. The third kappa shape index (κ3) is 6.08. The molecule has 2 aromatic carbocycles. The van der Waals surface area contributed by atoms with Crippen molar-refractivity contribution in [2.24, 2.45) is 5.92 Å². The molecule has 0 aliphatic heterocycles. The quantitative estimate of drug-likeness (QED) is 0.453. The van der Waals surface area contributed by atoms with Crippen LogP contribution in [0, 0.1) is 5.92 Å². The highest BCUT2D eigenvalue weighted by Gasteiger charge is 2.11. The van der Waals surface area contributed by atoms with Gasteiger partial charge in [0, 0.05) is 21.6 Å². The fraction of sp³-hybridized carbons (Fsp3) is 0.333. The Morgan fingerprint density at radius 1 is 1.27 bits per heavy atom. The van der Waals surface area contributed by atoms with Gasteiger partial charge >= 0.3 is 0 Å². The lowest BCUT2D eigenvalue weighted by Gasteiger charge is -2.21. The van der Waals surface area contributed by atoms with Gasteiger partial charge < -0.3 is 10.1 Å². The average Bonchev–Trinajstić information content (AvgIpc) is 2.63. The van der Waals surface area contributed by atoms with Crippen LogP contribution in [0.2, 0.25) is 0 Å². The van der Waals surface area contributed by atoms with Crippen LogP contribution in [0.15, 0.2) is 58.4 Å². The van der Waals surface area contributed by atoms with E-state index in [1.54, 1.807) is 19.1 Å². The van der Waals surface area contributed by atoms with Crippen molar-refractivity contribution >= 4 is 39.3 Å². The van der Waals surface area contributed by atoms with Crippen LogP contribution in [0.5, 0.6) is 5.75 Å². The predicted molar refractivity (Wildman–Crippen MR) is 118 cm³/mol. The maximum Gasteiger partial charge on any atom is 0.118 e. The van der Waals surface area contributed by atoms with Crippen LogP contribution in [0.3, 0.4) is 0 Å². The fourth-order valence-corrected chi connectivity index (χ4v) is 3.84. The number of benzene rings is 2. The van der Waals surface area contributed by atoms with E-state index < -0.39 is 0 Å². The SMILES string of the molecule is C=C(Nc1cc(Br)ccc1SN(C)CC(C)CC)c1ccc(OC)cc1. The predicted octanol–water partition coefficient (Wildman–Crippen LogP) is 6.53. The number of hydrogen-bond donors (Lipinski definition) is 1. The Balaban J connectivity index is 2.14. The summed E-state index contributed by atoms with van der Waals surface area (Å²) in [6.07, 6.45) is 1.19. The van der Waals surface area contributed by atoms with Gasteiger partial charge in [0.25, 0.3) is 0 Å². The number of halogens is 1. The van der Waals surface area contributed by atoms with Gasteiger partial charge in [-0.1, -0.05) is 42.8 Å². The van der Waals surface area contributed by atoms with Crippen molar-refractivity contribution in [3.63, 3.8) is 0 Å². The van der Waals surface area contributed by atoms with E-state index in [0.717, 1.165) is 33.7 Å². The standard InChI is InChI=1S/C21H27BrN2OS/c1-6-15(2)14-24(4)26-21-12-9-18(22)13-20(21)23-16(3)17-7-10-19(25-5)11-8-17/h7-13,15,23H,3,6,14H2,1-2,4-5H3. The number of methoxy groups -OCH3 is 1. The zero-order valence-electron chi connectivity index (χ0n) is 15.9. The van der Waals surface area contributed by atoms with Gasteiger partial charge in [0.2, 0.25) is 0 Å². The lowest BCUT2D eigenvalue weighted by molar-refractivity contribution is 0.415. The molecule has 0 spiro atoms. The Labute approximate surface area is 170 Å². The number of nitrogens with zero attached hydrogens (tertiary/aromatic N) is 1. The average molecular weight is 435 g/mol. The van der Waals surface area contributed by atoms with Gasteiger partial charge in [-0.2, -0.15) is 0 Å². The number of rotatable bonds is 9. The van der Waals surface area contributed by atoms with Crippen molar-refractivity contribution in [2.75, 3.05) is 26.0 Å². The zero-order chi connectivity index (χ0) is 19.1. The van der Waals surface area contributed by atoms with Gasteiger partial charge in [-0.15, -0.1) is 0 Å². The molecule has 1 N–H and O–H groups in total. The molecule has 0 radical (unpaired) electrons. The molecule has 0 heterocycles. The Hall–Kier alpha value is -1.43. The van der Waals surface area contributed by atoms with Crippen molar-refractivity contribution < 1.29 is 4.74 Å². The van der Waals surface area contributed by atoms with Crippen molar-refractivity contribution in [2.45, 2.75) is 25.2 Å². The van der Waals surface area contributed by atoms with Crippen LogP contribution in [0.25, 0.3) is 5.70 Å². The molecule has 0 saturated carbocycles. The van der Waals surface area contributed by atoms with Gasteiger partial charge in [0.05, 0.1) is 12.8 Å². The summed E-state index contributed by atoms with van der Waals surface area (Å²) in [6, 6.07) is 14.2. The monoisotopic (exact) mass is 434 g/mol. The summed E-state index contributed by atoms with van der Waals surface area (Å²) in [7, 11) is 3.81. The second kappa shape index (κ2) is 10.0. The van der Waals surface area contributed by atoms with Crippen LogP contribution in [-0.2, 0) is 0 Å². The normalized spacial score (nSPS) is 12.1. The van der Waals surface area contributed by atoms with E-state index in [-0.39, 0.29) is 0 Å². The van der Waals surface area contributed by atoms with Crippen LogP contribution in [0.4, 0.5) is 5.69 Å². The second-order valence-corrected chi connectivity index (χ2v) is 8.55. The molecule has 0 aromatic heterocycles.